The van der Waals surface area contributed by atoms with E-state index in [4.69, 9.17) is 11.6 Å². The number of anilines is 2. The van der Waals surface area contributed by atoms with Crippen LogP contribution in [-0.2, 0) is 0 Å². The lowest BCUT2D eigenvalue weighted by molar-refractivity contribution is 0.649. The largest absolute Gasteiger partial charge is 0.340 e. The zero-order valence-corrected chi connectivity index (χ0v) is 13.6. The van der Waals surface area contributed by atoms with Gasteiger partial charge in [0.15, 0.2) is 0 Å². The van der Waals surface area contributed by atoms with Crippen LogP contribution in [0.2, 0.25) is 5.02 Å². The molecule has 2 aromatic carbocycles. The molecule has 0 radical (unpaired) electrons. The molecular formula is C18H18ClNS. The molecule has 21 heavy (non-hydrogen) atoms. The molecule has 1 unspecified atom stereocenters. The topological polar surface area (TPSA) is 3.24 Å². The van der Waals surface area contributed by atoms with E-state index in [0.717, 1.165) is 18.0 Å². The van der Waals surface area contributed by atoms with Crippen molar-refractivity contribution in [2.24, 2.45) is 5.92 Å². The first-order valence-electron chi connectivity index (χ1n) is 7.15. The van der Waals surface area contributed by atoms with Crippen LogP contribution in [-0.4, -0.2) is 6.54 Å². The molecule has 1 nitrogen and oxygen atoms in total. The van der Waals surface area contributed by atoms with Gasteiger partial charge in [0.2, 0.25) is 0 Å². The summed E-state index contributed by atoms with van der Waals surface area (Å²) >= 11 is 8.02. The molecule has 0 spiro atoms. The second-order valence-corrected chi connectivity index (χ2v) is 6.86. The van der Waals surface area contributed by atoms with Crippen LogP contribution < -0.4 is 4.90 Å². The third kappa shape index (κ3) is 2.97. The molecule has 0 bridgehead atoms. The van der Waals surface area contributed by atoms with Crippen LogP contribution in [0.1, 0.15) is 13.3 Å². The van der Waals surface area contributed by atoms with Crippen LogP contribution in [0.5, 0.6) is 0 Å². The highest BCUT2D eigenvalue weighted by Gasteiger charge is 2.23. The van der Waals surface area contributed by atoms with Gasteiger partial charge in [0, 0.05) is 21.4 Å². The Hall–Kier alpha value is -1.38. The van der Waals surface area contributed by atoms with E-state index < -0.39 is 0 Å². The smallest absolute Gasteiger partial charge is 0.0567 e. The summed E-state index contributed by atoms with van der Waals surface area (Å²) in [6.45, 7) is 7.06. The van der Waals surface area contributed by atoms with Crippen molar-refractivity contribution < 1.29 is 0 Å². The summed E-state index contributed by atoms with van der Waals surface area (Å²) in [7, 11) is 0. The minimum Gasteiger partial charge on any atom is -0.340 e. The summed E-state index contributed by atoms with van der Waals surface area (Å²) in [6, 6.07) is 14.7. The minimum atomic E-state index is 0.509. The Bertz CT molecular complexity index is 668. The van der Waals surface area contributed by atoms with E-state index in [1.165, 1.54) is 21.2 Å². The monoisotopic (exact) mass is 315 g/mol. The van der Waals surface area contributed by atoms with Crippen LogP contribution in [0.25, 0.3) is 0 Å². The van der Waals surface area contributed by atoms with Crippen molar-refractivity contribution in [3.05, 3.63) is 60.1 Å². The molecule has 108 valence electrons. The lowest BCUT2D eigenvalue weighted by atomic mass is 10.1. The Morgan fingerprint density at radius 3 is 2.76 bits per heavy atom. The Kier molecular flexibility index (Phi) is 4.27. The number of benzene rings is 2. The van der Waals surface area contributed by atoms with E-state index in [9.17, 15) is 0 Å². The fraction of sp³-hybridized carbons (Fsp3) is 0.222. The second-order valence-electron chi connectivity index (χ2n) is 5.34. The first-order valence-corrected chi connectivity index (χ1v) is 8.35. The van der Waals surface area contributed by atoms with E-state index in [1.54, 1.807) is 0 Å². The highest BCUT2D eigenvalue weighted by atomic mass is 35.5. The number of hydrogen-bond acceptors (Lipinski definition) is 2. The third-order valence-corrected chi connectivity index (χ3v) is 5.16. The van der Waals surface area contributed by atoms with Gasteiger partial charge in [-0.25, -0.2) is 0 Å². The molecule has 3 rings (SSSR count). The number of allylic oxidation sites excluding steroid dienone is 1. The highest BCUT2D eigenvalue weighted by Crippen LogP contribution is 2.48. The standard InChI is InChI=1S/C18H18ClNS/c1-3-13(2)10-11-20-15-6-4-5-7-17(15)21-18-9-8-14(19)12-16(18)20/h3-9,12-13H,1,10-11H2,2H3. The number of hydrogen-bond donors (Lipinski definition) is 0. The van der Waals surface area contributed by atoms with Crippen molar-refractivity contribution in [2.45, 2.75) is 23.1 Å². The van der Waals surface area contributed by atoms with Gasteiger partial charge in [0.1, 0.15) is 0 Å². The predicted octanol–water partition coefficient (Wildman–Crippen LogP) is 6.15. The molecule has 0 N–H and O–H groups in total. The predicted molar refractivity (Wildman–Crippen MR) is 93.0 cm³/mol. The molecule has 1 aliphatic rings. The van der Waals surface area contributed by atoms with Crippen LogP contribution in [0.4, 0.5) is 11.4 Å². The van der Waals surface area contributed by atoms with Crippen molar-refractivity contribution in [1.29, 1.82) is 0 Å². The maximum absolute atomic E-state index is 6.21. The molecule has 1 aliphatic heterocycles. The average Bonchev–Trinajstić information content (AvgIpc) is 2.51. The number of para-hydroxylation sites is 1. The van der Waals surface area contributed by atoms with Crippen molar-refractivity contribution in [2.75, 3.05) is 11.4 Å². The molecular weight excluding hydrogens is 298 g/mol. The molecule has 0 aromatic heterocycles. The summed E-state index contributed by atoms with van der Waals surface area (Å²) in [5.74, 6) is 0.509. The molecule has 0 saturated heterocycles. The van der Waals surface area contributed by atoms with Gasteiger partial charge in [-0.2, -0.15) is 0 Å². The molecule has 0 aliphatic carbocycles. The van der Waals surface area contributed by atoms with Crippen LogP contribution in [0.3, 0.4) is 0 Å². The SMILES string of the molecule is C=CC(C)CCN1c2ccccc2Sc2ccc(Cl)cc21. The molecule has 0 fully saturated rings. The minimum absolute atomic E-state index is 0.509. The zero-order valence-electron chi connectivity index (χ0n) is 12.1. The molecule has 1 heterocycles. The van der Waals surface area contributed by atoms with Crippen molar-refractivity contribution in [3.63, 3.8) is 0 Å². The van der Waals surface area contributed by atoms with E-state index in [2.05, 4.69) is 54.8 Å². The van der Waals surface area contributed by atoms with Crippen molar-refractivity contribution in [3.8, 4) is 0 Å². The van der Waals surface area contributed by atoms with E-state index >= 15 is 0 Å². The molecule has 0 saturated carbocycles. The molecule has 3 heteroatoms. The first kappa shape index (κ1) is 14.6. The summed E-state index contributed by atoms with van der Waals surface area (Å²) in [6.07, 6.45) is 3.10. The van der Waals surface area contributed by atoms with Crippen molar-refractivity contribution in [1.82, 2.24) is 0 Å². The maximum Gasteiger partial charge on any atom is 0.0567 e. The normalized spacial score (nSPS) is 14.3. The summed E-state index contributed by atoms with van der Waals surface area (Å²) < 4.78 is 0. The fourth-order valence-corrected chi connectivity index (χ4v) is 3.74. The van der Waals surface area contributed by atoms with E-state index in [0.29, 0.717) is 5.92 Å². The number of rotatable bonds is 4. The van der Waals surface area contributed by atoms with Crippen LogP contribution in [0, 0.1) is 5.92 Å². The van der Waals surface area contributed by atoms with Gasteiger partial charge in [0.25, 0.3) is 0 Å². The molecule has 1 atom stereocenters. The Labute approximate surface area is 135 Å². The van der Waals surface area contributed by atoms with Gasteiger partial charge in [-0.3, -0.25) is 0 Å². The van der Waals surface area contributed by atoms with Crippen molar-refractivity contribution >= 4 is 34.7 Å². The Morgan fingerprint density at radius 1 is 1.19 bits per heavy atom. The lowest BCUT2D eigenvalue weighted by Crippen LogP contribution is -2.23. The number of halogens is 1. The van der Waals surface area contributed by atoms with Gasteiger partial charge in [-0.15, -0.1) is 6.58 Å². The lowest BCUT2D eigenvalue weighted by Gasteiger charge is -2.33. The van der Waals surface area contributed by atoms with Crippen LogP contribution in [0.15, 0.2) is 64.9 Å². The average molecular weight is 316 g/mol. The van der Waals surface area contributed by atoms with E-state index in [1.807, 2.05) is 23.9 Å². The highest BCUT2D eigenvalue weighted by molar-refractivity contribution is 7.99. The quantitative estimate of drug-likeness (QED) is 0.622. The second kappa shape index (κ2) is 6.17. The van der Waals surface area contributed by atoms with Crippen LogP contribution >= 0.6 is 23.4 Å². The van der Waals surface area contributed by atoms with Gasteiger partial charge in [-0.05, 0) is 42.7 Å². The number of fused-ring (bicyclic) bond motifs is 2. The summed E-state index contributed by atoms with van der Waals surface area (Å²) in [5, 5.41) is 0.788. The zero-order chi connectivity index (χ0) is 14.8. The Balaban J connectivity index is 2.00. The first-order chi connectivity index (χ1) is 10.2. The van der Waals surface area contributed by atoms with Gasteiger partial charge in [-0.1, -0.05) is 48.5 Å². The molecule has 0 amide bonds. The summed E-state index contributed by atoms with van der Waals surface area (Å²) in [5.41, 5.74) is 2.48. The van der Waals surface area contributed by atoms with Gasteiger partial charge in [0.05, 0.1) is 11.4 Å². The van der Waals surface area contributed by atoms with E-state index in [-0.39, 0.29) is 0 Å². The van der Waals surface area contributed by atoms with Gasteiger partial charge >= 0.3 is 0 Å². The third-order valence-electron chi connectivity index (χ3n) is 3.80. The molecule has 2 aromatic rings. The Morgan fingerprint density at radius 2 is 1.95 bits per heavy atom. The fourth-order valence-electron chi connectivity index (χ4n) is 2.49. The van der Waals surface area contributed by atoms with Gasteiger partial charge < -0.3 is 4.90 Å². The number of nitrogens with zero attached hydrogens (tertiary/aromatic N) is 1. The maximum atomic E-state index is 6.21. The summed E-state index contributed by atoms with van der Waals surface area (Å²) in [4.78, 5) is 4.95.